The van der Waals surface area contributed by atoms with E-state index >= 15 is 0 Å². The Morgan fingerprint density at radius 1 is 1.38 bits per heavy atom. The molecule has 1 heterocycles. The zero-order valence-electron chi connectivity index (χ0n) is 9.94. The molecule has 1 rings (SSSR count). The van der Waals surface area contributed by atoms with Crippen LogP contribution >= 0.6 is 0 Å². The van der Waals surface area contributed by atoms with Gasteiger partial charge in [0.2, 0.25) is 0 Å². The molecule has 0 spiro atoms. The number of hydrogen-bond donors (Lipinski definition) is 1. The molecule has 4 nitrogen and oxygen atoms in total. The smallest absolute Gasteiger partial charge is 0.151 e. The molecule has 16 heavy (non-hydrogen) atoms. The second kappa shape index (κ2) is 6.06. The number of nitrogens with one attached hydrogen (secondary N) is 1. The third-order valence-corrected chi connectivity index (χ3v) is 4.24. The lowest BCUT2D eigenvalue weighted by molar-refractivity contribution is 0.592. The third kappa shape index (κ3) is 4.37. The fraction of sp³-hybridized carbons (Fsp3) is 0.636. The number of hydrogen-bond acceptors (Lipinski definition) is 3. The molecule has 0 bridgehead atoms. The van der Waals surface area contributed by atoms with Crippen molar-refractivity contribution in [1.29, 1.82) is 0 Å². The summed E-state index contributed by atoms with van der Waals surface area (Å²) in [6.07, 6.45) is 4.10. The Morgan fingerprint density at radius 3 is 2.69 bits per heavy atom. The minimum absolute atomic E-state index is 0.220. The zero-order valence-corrected chi connectivity index (χ0v) is 10.8. The summed E-state index contributed by atoms with van der Waals surface area (Å²) in [5.41, 5.74) is 1.19. The molecule has 0 saturated heterocycles. The van der Waals surface area contributed by atoms with Crippen LogP contribution in [0.25, 0.3) is 0 Å². The average Bonchev–Trinajstić information content (AvgIpc) is 2.72. The molecule has 0 atom stereocenters. The highest BCUT2D eigenvalue weighted by atomic mass is 32.2. The first-order valence-corrected chi connectivity index (χ1v) is 7.45. The van der Waals surface area contributed by atoms with Gasteiger partial charge in [-0.3, -0.25) is 0 Å². The predicted octanol–water partition coefficient (Wildman–Crippen LogP) is 1.03. The van der Waals surface area contributed by atoms with E-state index in [9.17, 15) is 8.42 Å². The molecule has 0 saturated carbocycles. The van der Waals surface area contributed by atoms with Crippen LogP contribution in [0.2, 0.25) is 0 Å². The van der Waals surface area contributed by atoms with Crippen LogP contribution in [-0.2, 0) is 22.9 Å². The fourth-order valence-electron chi connectivity index (χ4n) is 1.40. The molecule has 5 heteroatoms. The van der Waals surface area contributed by atoms with Crippen molar-refractivity contribution in [2.24, 2.45) is 0 Å². The summed E-state index contributed by atoms with van der Waals surface area (Å²) < 4.78 is 24.5. The maximum absolute atomic E-state index is 11.2. The van der Waals surface area contributed by atoms with Crippen LogP contribution in [0, 0.1) is 0 Å². The third-order valence-electron chi connectivity index (χ3n) is 2.54. The van der Waals surface area contributed by atoms with E-state index < -0.39 is 9.84 Å². The van der Waals surface area contributed by atoms with Gasteiger partial charge in [-0.25, -0.2) is 8.42 Å². The van der Waals surface area contributed by atoms with Gasteiger partial charge in [0, 0.05) is 37.8 Å². The summed E-state index contributed by atoms with van der Waals surface area (Å²) in [7, 11) is -2.84. The second-order valence-electron chi connectivity index (χ2n) is 3.76. The maximum Gasteiger partial charge on any atom is 0.151 e. The number of aromatic nitrogens is 1. The van der Waals surface area contributed by atoms with Gasteiger partial charge in [0.25, 0.3) is 0 Å². The standard InChI is InChI=1S/C11H20N2O2S/c1-3-13-7-5-11(10-13)9-12-6-8-16(14,15)4-2/h5,7,10,12H,3-4,6,8-9H2,1-2H3. The SMILES string of the molecule is CCn1ccc(CNCCS(=O)(=O)CC)c1. The van der Waals surface area contributed by atoms with Crippen LogP contribution in [0.3, 0.4) is 0 Å². The van der Waals surface area contributed by atoms with Gasteiger partial charge in [0.1, 0.15) is 0 Å². The van der Waals surface area contributed by atoms with E-state index in [0.717, 1.165) is 13.1 Å². The van der Waals surface area contributed by atoms with E-state index in [1.807, 2.05) is 12.3 Å². The van der Waals surface area contributed by atoms with Crippen molar-refractivity contribution in [2.45, 2.75) is 26.9 Å². The van der Waals surface area contributed by atoms with Crippen molar-refractivity contribution >= 4 is 9.84 Å². The summed E-state index contributed by atoms with van der Waals surface area (Å²) in [5, 5.41) is 3.14. The Bertz CT molecular complexity index is 409. The molecule has 0 radical (unpaired) electrons. The molecule has 0 unspecified atom stereocenters. The van der Waals surface area contributed by atoms with Crippen molar-refractivity contribution in [3.8, 4) is 0 Å². The molecular formula is C11H20N2O2S. The molecule has 0 fully saturated rings. The highest BCUT2D eigenvalue weighted by Gasteiger charge is 2.05. The van der Waals surface area contributed by atoms with E-state index in [1.165, 1.54) is 5.56 Å². The average molecular weight is 244 g/mol. The van der Waals surface area contributed by atoms with Gasteiger partial charge in [-0.05, 0) is 18.6 Å². The highest BCUT2D eigenvalue weighted by Crippen LogP contribution is 2.00. The van der Waals surface area contributed by atoms with Gasteiger partial charge in [-0.15, -0.1) is 0 Å². The molecule has 1 aromatic rings. The first-order chi connectivity index (χ1) is 7.57. The van der Waals surface area contributed by atoms with Crippen molar-refractivity contribution in [1.82, 2.24) is 9.88 Å². The molecule has 0 aliphatic heterocycles. The highest BCUT2D eigenvalue weighted by molar-refractivity contribution is 7.91. The lowest BCUT2D eigenvalue weighted by Gasteiger charge is -2.03. The summed E-state index contributed by atoms with van der Waals surface area (Å²) in [5.74, 6) is 0.443. The van der Waals surface area contributed by atoms with Gasteiger partial charge in [0.15, 0.2) is 9.84 Å². The summed E-state index contributed by atoms with van der Waals surface area (Å²) in [6, 6.07) is 2.05. The molecule has 1 N–H and O–H groups in total. The molecule has 0 aromatic carbocycles. The summed E-state index contributed by atoms with van der Waals surface area (Å²) in [6.45, 7) is 5.98. The molecule has 0 amide bonds. The Morgan fingerprint density at radius 2 is 2.12 bits per heavy atom. The van der Waals surface area contributed by atoms with Crippen LogP contribution in [-0.4, -0.2) is 31.0 Å². The minimum atomic E-state index is -2.84. The van der Waals surface area contributed by atoms with E-state index in [0.29, 0.717) is 6.54 Å². The Hall–Kier alpha value is -0.810. The van der Waals surface area contributed by atoms with E-state index in [-0.39, 0.29) is 11.5 Å². The number of nitrogens with zero attached hydrogens (tertiary/aromatic N) is 1. The van der Waals surface area contributed by atoms with Crippen LogP contribution in [0.5, 0.6) is 0 Å². The van der Waals surface area contributed by atoms with E-state index in [1.54, 1.807) is 6.92 Å². The number of rotatable bonds is 7. The van der Waals surface area contributed by atoms with E-state index in [4.69, 9.17) is 0 Å². The Kier molecular flexibility index (Phi) is 5.02. The molecule has 92 valence electrons. The predicted molar refractivity (Wildman–Crippen MR) is 66.1 cm³/mol. The topological polar surface area (TPSA) is 51.1 Å². The first-order valence-electron chi connectivity index (χ1n) is 5.63. The van der Waals surface area contributed by atoms with Crippen molar-refractivity contribution in [3.63, 3.8) is 0 Å². The van der Waals surface area contributed by atoms with Gasteiger partial charge in [-0.1, -0.05) is 6.92 Å². The van der Waals surface area contributed by atoms with Crippen LogP contribution in [0.4, 0.5) is 0 Å². The van der Waals surface area contributed by atoms with Crippen molar-refractivity contribution in [2.75, 3.05) is 18.1 Å². The normalized spacial score (nSPS) is 11.9. The minimum Gasteiger partial charge on any atom is -0.354 e. The monoisotopic (exact) mass is 244 g/mol. The summed E-state index contributed by atoms with van der Waals surface area (Å²) in [4.78, 5) is 0. The fourth-order valence-corrected chi connectivity index (χ4v) is 2.14. The van der Waals surface area contributed by atoms with Crippen LogP contribution < -0.4 is 5.32 Å². The molecule has 1 aromatic heterocycles. The molecule has 0 aliphatic carbocycles. The zero-order chi connectivity index (χ0) is 12.0. The molecular weight excluding hydrogens is 224 g/mol. The van der Waals surface area contributed by atoms with Crippen molar-refractivity contribution in [3.05, 3.63) is 24.0 Å². The lowest BCUT2D eigenvalue weighted by atomic mass is 10.3. The summed E-state index contributed by atoms with van der Waals surface area (Å²) >= 11 is 0. The lowest BCUT2D eigenvalue weighted by Crippen LogP contribution is -2.23. The van der Waals surface area contributed by atoms with E-state index in [2.05, 4.69) is 23.0 Å². The van der Waals surface area contributed by atoms with Crippen LogP contribution in [0.15, 0.2) is 18.5 Å². The van der Waals surface area contributed by atoms with Crippen LogP contribution in [0.1, 0.15) is 19.4 Å². The quantitative estimate of drug-likeness (QED) is 0.729. The van der Waals surface area contributed by atoms with Crippen molar-refractivity contribution < 1.29 is 8.42 Å². The second-order valence-corrected chi connectivity index (χ2v) is 6.24. The molecule has 0 aliphatic rings. The number of sulfone groups is 1. The Balaban J connectivity index is 2.26. The first kappa shape index (κ1) is 13.3. The van der Waals surface area contributed by atoms with Gasteiger partial charge in [-0.2, -0.15) is 0 Å². The maximum atomic E-state index is 11.2. The van der Waals surface area contributed by atoms with Gasteiger partial charge >= 0.3 is 0 Å². The Labute approximate surface area is 97.6 Å². The van der Waals surface area contributed by atoms with Gasteiger partial charge in [0.05, 0.1) is 5.75 Å². The largest absolute Gasteiger partial charge is 0.354 e. The van der Waals surface area contributed by atoms with Gasteiger partial charge < -0.3 is 9.88 Å². The number of aryl methyl sites for hydroxylation is 1.